The monoisotopic (exact) mass is 526 g/mol. The maximum Gasteiger partial charge on any atom is 0.251 e. The lowest BCUT2D eigenvalue weighted by Gasteiger charge is -2.39. The topological polar surface area (TPSA) is 56.3 Å². The van der Waals surface area contributed by atoms with Crippen LogP contribution in [0.15, 0.2) is 94.6 Å². The van der Waals surface area contributed by atoms with E-state index in [-0.39, 0.29) is 5.56 Å². The Morgan fingerprint density at radius 1 is 1.08 bits per heavy atom. The van der Waals surface area contributed by atoms with Crippen LogP contribution in [0, 0.1) is 0 Å². The minimum Gasteiger partial charge on any atom is -0.383 e. The number of fused-ring (bicyclic) bond motifs is 1. The van der Waals surface area contributed by atoms with Crippen molar-refractivity contribution >= 4 is 34.6 Å². The number of nitrogens with one attached hydrogen (secondary N) is 1. The lowest BCUT2D eigenvalue weighted by molar-refractivity contribution is 0.0665. The highest BCUT2D eigenvalue weighted by molar-refractivity contribution is 7.15. The third-order valence-electron chi connectivity index (χ3n) is 6.81. The van der Waals surface area contributed by atoms with E-state index < -0.39 is 11.5 Å². The zero-order valence-corrected chi connectivity index (χ0v) is 22.2. The average Bonchev–Trinajstić information content (AvgIpc) is 3.34. The molecule has 2 aromatic carbocycles. The van der Waals surface area contributed by atoms with Crippen molar-refractivity contribution in [2.45, 2.75) is 17.9 Å². The van der Waals surface area contributed by atoms with Crippen LogP contribution >= 0.6 is 22.9 Å². The van der Waals surface area contributed by atoms with Gasteiger partial charge in [-0.2, -0.15) is 0 Å². The summed E-state index contributed by atoms with van der Waals surface area (Å²) >= 11 is 7.90. The van der Waals surface area contributed by atoms with Gasteiger partial charge in [-0.25, -0.2) is 0 Å². The Labute approximate surface area is 225 Å². The molecule has 4 aromatic rings. The molecular weight excluding hydrogens is 500 g/mol. The highest BCUT2D eigenvalue weighted by atomic mass is 35.5. The molecule has 1 aliphatic carbocycles. The molecule has 186 valence electrons. The lowest BCUT2D eigenvalue weighted by atomic mass is 9.69. The zero-order chi connectivity index (χ0) is 26.0. The first-order valence-corrected chi connectivity index (χ1v) is 13.3. The first-order valence-electron chi connectivity index (χ1n) is 12.1. The highest BCUT2D eigenvalue weighted by Gasteiger charge is 2.44. The smallest absolute Gasteiger partial charge is 0.251 e. The van der Waals surface area contributed by atoms with Crippen LogP contribution in [0.5, 0.6) is 0 Å². The number of hydrogen-bond donors (Lipinski definition) is 2. The summed E-state index contributed by atoms with van der Waals surface area (Å²) in [7, 11) is 3.95. The summed E-state index contributed by atoms with van der Waals surface area (Å²) in [6.45, 7) is 0.602. The zero-order valence-electron chi connectivity index (χ0n) is 20.7. The number of rotatable bonds is 8. The molecule has 5 rings (SSSR count). The maximum absolute atomic E-state index is 13.5. The van der Waals surface area contributed by atoms with E-state index in [1.807, 2.05) is 97.2 Å². The first kappa shape index (κ1) is 25.3. The van der Waals surface area contributed by atoms with E-state index in [9.17, 15) is 9.90 Å². The molecule has 0 bridgehead atoms. The Bertz CT molecular complexity index is 1590. The van der Waals surface area contributed by atoms with Crippen molar-refractivity contribution in [1.29, 1.82) is 0 Å². The molecular formula is C31H27ClN2O2S. The van der Waals surface area contributed by atoms with Crippen molar-refractivity contribution in [3.8, 4) is 11.1 Å². The number of benzene rings is 2. The summed E-state index contributed by atoms with van der Waals surface area (Å²) in [6.07, 6.45) is 3.92. The van der Waals surface area contributed by atoms with Crippen LogP contribution < -0.4 is 5.56 Å². The van der Waals surface area contributed by atoms with Crippen LogP contribution in [0.3, 0.4) is 0 Å². The largest absolute Gasteiger partial charge is 0.383 e. The number of nitrogens with zero attached hydrogens (tertiary/aromatic N) is 1. The first-order chi connectivity index (χ1) is 17.9. The van der Waals surface area contributed by atoms with Gasteiger partial charge in [-0.1, -0.05) is 77.7 Å². The van der Waals surface area contributed by atoms with Crippen molar-refractivity contribution < 1.29 is 5.11 Å². The fourth-order valence-corrected chi connectivity index (χ4v) is 5.95. The summed E-state index contributed by atoms with van der Waals surface area (Å²) in [6, 6.07) is 21.4. The molecule has 2 heterocycles. The van der Waals surface area contributed by atoms with Gasteiger partial charge in [0, 0.05) is 40.9 Å². The Kier molecular flexibility index (Phi) is 7.19. The molecule has 2 aromatic heterocycles. The van der Waals surface area contributed by atoms with Gasteiger partial charge in [-0.3, -0.25) is 4.79 Å². The van der Waals surface area contributed by atoms with E-state index in [2.05, 4.69) is 16.4 Å². The molecule has 6 heteroatoms. The molecule has 4 nitrogen and oxygen atoms in total. The Morgan fingerprint density at radius 2 is 1.84 bits per heavy atom. The number of aliphatic hydroxyl groups is 1. The van der Waals surface area contributed by atoms with Crippen molar-refractivity contribution in [2.24, 2.45) is 0 Å². The molecule has 0 aliphatic heterocycles. The van der Waals surface area contributed by atoms with Gasteiger partial charge < -0.3 is 15.0 Å². The van der Waals surface area contributed by atoms with Crippen molar-refractivity contribution in [3.05, 3.63) is 127 Å². The van der Waals surface area contributed by atoms with Crippen LogP contribution in [0.4, 0.5) is 0 Å². The SMILES string of the molecule is CN(C)CCC(O)(C1=C=C=Cc2ccccc21)C(c1ccccc1)c1cc(-c2ccsc2Cl)c[nH]c1=O. The molecule has 0 spiro atoms. The van der Waals surface area contributed by atoms with Gasteiger partial charge in [0.2, 0.25) is 0 Å². The third kappa shape index (κ3) is 4.94. The van der Waals surface area contributed by atoms with E-state index in [1.165, 1.54) is 11.3 Å². The molecule has 1 aliphatic rings. The molecule has 0 amide bonds. The summed E-state index contributed by atoms with van der Waals surface area (Å²) in [4.78, 5) is 18.4. The van der Waals surface area contributed by atoms with Crippen molar-refractivity contribution in [2.75, 3.05) is 20.6 Å². The molecule has 2 N–H and O–H groups in total. The number of aromatic nitrogens is 1. The minimum atomic E-state index is -1.47. The van der Waals surface area contributed by atoms with Crippen LogP contribution in [0.1, 0.15) is 34.6 Å². The van der Waals surface area contributed by atoms with E-state index in [4.69, 9.17) is 11.6 Å². The molecule has 37 heavy (non-hydrogen) atoms. The summed E-state index contributed by atoms with van der Waals surface area (Å²) in [5.74, 6) is -0.676. The van der Waals surface area contributed by atoms with Crippen molar-refractivity contribution in [1.82, 2.24) is 9.88 Å². The Morgan fingerprint density at radius 3 is 2.57 bits per heavy atom. The summed E-state index contributed by atoms with van der Waals surface area (Å²) < 4.78 is 0.647. The van der Waals surface area contributed by atoms with Gasteiger partial charge in [0.25, 0.3) is 5.56 Å². The molecule has 0 fully saturated rings. The number of thiophene rings is 1. The predicted molar refractivity (Wildman–Crippen MR) is 153 cm³/mol. The van der Waals surface area contributed by atoms with Gasteiger partial charge in [0.15, 0.2) is 0 Å². The Hall–Kier alpha value is -3.40. The van der Waals surface area contributed by atoms with E-state index >= 15 is 0 Å². The highest BCUT2D eigenvalue weighted by Crippen LogP contribution is 2.46. The van der Waals surface area contributed by atoms with Crippen LogP contribution in [-0.2, 0) is 0 Å². The molecule has 0 saturated heterocycles. The molecule has 2 atom stereocenters. The van der Waals surface area contributed by atoms with Gasteiger partial charge in [-0.05, 0) is 60.8 Å². The van der Waals surface area contributed by atoms with Crippen LogP contribution in [0.2, 0.25) is 4.34 Å². The fraction of sp³-hybridized carbons (Fsp3) is 0.194. The van der Waals surface area contributed by atoms with E-state index in [1.54, 1.807) is 6.20 Å². The number of H-pyrrole nitrogens is 1. The van der Waals surface area contributed by atoms with Crippen LogP contribution in [0.25, 0.3) is 22.8 Å². The Balaban J connectivity index is 1.78. The maximum atomic E-state index is 13.5. The molecule has 2 unspecified atom stereocenters. The normalized spacial score (nSPS) is 14.8. The van der Waals surface area contributed by atoms with Gasteiger partial charge in [0.05, 0.1) is 0 Å². The standard InChI is InChI=1S/C31H27ClN2O2S/c1-34(2)17-16-31(36,27-14-8-12-21-9-6-7-13-24(21)27)28(22-10-4-3-5-11-22)26-19-23(20-33-30(26)35)25-15-18-37-29(25)32/h3-7,9-13,15,18-20,28,36H,16-17H2,1-2H3,(H,33,35). The fourth-order valence-electron chi connectivity index (χ4n) is 4.98. The van der Waals surface area contributed by atoms with Gasteiger partial charge in [0.1, 0.15) is 9.94 Å². The third-order valence-corrected chi connectivity index (χ3v) is 7.98. The second-order valence-corrected chi connectivity index (χ2v) is 11.0. The second kappa shape index (κ2) is 10.5. The second-order valence-electron chi connectivity index (χ2n) is 9.48. The number of aromatic amines is 1. The van der Waals surface area contributed by atoms with Gasteiger partial charge >= 0.3 is 0 Å². The molecule has 0 radical (unpaired) electrons. The number of halogens is 1. The summed E-state index contributed by atoms with van der Waals surface area (Å²) in [5, 5.41) is 14.8. The lowest BCUT2D eigenvalue weighted by Crippen LogP contribution is -2.43. The minimum absolute atomic E-state index is 0.253. The van der Waals surface area contributed by atoms with E-state index in [0.717, 1.165) is 27.8 Å². The average molecular weight is 527 g/mol. The quantitative estimate of drug-likeness (QED) is 0.260. The number of hydrogen-bond acceptors (Lipinski definition) is 4. The van der Waals surface area contributed by atoms with Crippen LogP contribution in [-0.4, -0.2) is 41.2 Å². The van der Waals surface area contributed by atoms with E-state index in [0.29, 0.717) is 28.4 Å². The predicted octanol–water partition coefficient (Wildman–Crippen LogP) is 6.44. The van der Waals surface area contributed by atoms with Crippen molar-refractivity contribution in [3.63, 3.8) is 0 Å². The summed E-state index contributed by atoms with van der Waals surface area (Å²) in [5.41, 5.74) is 10.0. The van der Waals surface area contributed by atoms with Gasteiger partial charge in [-0.15, -0.1) is 11.3 Å². The molecule has 0 saturated carbocycles. The number of pyridine rings is 1.